The van der Waals surface area contributed by atoms with Crippen molar-refractivity contribution in [1.82, 2.24) is 14.9 Å². The highest BCUT2D eigenvalue weighted by atomic mass is 35.5. The molecular weight excluding hydrogens is 529 g/mol. The molecule has 2 N–H and O–H groups in total. The van der Waals surface area contributed by atoms with Crippen molar-refractivity contribution >= 4 is 51.6 Å². The number of anilines is 3. The molecule has 12 heteroatoms. The number of cyclic esters (lactones) is 1. The molecule has 1 amide bonds. The number of carbonyl (C=O) groups is 2. The van der Waals surface area contributed by atoms with Gasteiger partial charge in [-0.3, -0.25) is 14.5 Å². The Morgan fingerprint density at radius 2 is 2.18 bits per heavy atom. The molecule has 2 fully saturated rings. The van der Waals surface area contributed by atoms with Gasteiger partial charge in [0.15, 0.2) is 0 Å². The number of amides is 1. The number of carbonyl (C=O) groups excluding carboxylic acids is 2. The summed E-state index contributed by atoms with van der Waals surface area (Å²) in [5, 5.41) is 6.60. The van der Waals surface area contributed by atoms with Crippen molar-refractivity contribution in [3.05, 3.63) is 59.7 Å². The number of fused-ring (bicyclic) bond motifs is 1. The number of esters is 1. The van der Waals surface area contributed by atoms with E-state index in [2.05, 4.69) is 20.6 Å². The van der Waals surface area contributed by atoms with E-state index >= 15 is 0 Å². The highest BCUT2D eigenvalue weighted by Gasteiger charge is 2.23. The molecule has 0 spiro atoms. The molecule has 2 aliphatic rings. The lowest BCUT2D eigenvalue weighted by Crippen LogP contribution is -2.44. The van der Waals surface area contributed by atoms with Crippen molar-refractivity contribution in [1.29, 1.82) is 0 Å². The summed E-state index contributed by atoms with van der Waals surface area (Å²) in [4.78, 5) is 35.1. The summed E-state index contributed by atoms with van der Waals surface area (Å²) in [6.07, 6.45) is 4.89. The van der Waals surface area contributed by atoms with Crippen molar-refractivity contribution in [2.24, 2.45) is 0 Å². The Morgan fingerprint density at radius 3 is 2.95 bits per heavy atom. The Balaban J connectivity index is 1.39. The maximum absolute atomic E-state index is 13.6. The van der Waals surface area contributed by atoms with Crippen LogP contribution in [0.5, 0.6) is 5.75 Å². The molecule has 0 radical (unpaired) electrons. The number of hydrogen-bond donors (Lipinski definition) is 2. The van der Waals surface area contributed by atoms with Crippen LogP contribution in [0.25, 0.3) is 10.9 Å². The lowest BCUT2D eigenvalue weighted by Gasteiger charge is -2.29. The van der Waals surface area contributed by atoms with Gasteiger partial charge in [0.2, 0.25) is 5.91 Å². The van der Waals surface area contributed by atoms with E-state index in [9.17, 15) is 14.0 Å². The molecule has 0 unspecified atom stereocenters. The SMILES string of the molecule is C[C@@H]1CN(CC=CC(=O)Nc2cc3c(Nc4ccc(F)c(Cl)c4)ncnc3cc2O[C@@H]2CCOC2)CC(=O)O1. The highest BCUT2D eigenvalue weighted by Crippen LogP contribution is 2.35. The number of nitrogens with one attached hydrogen (secondary N) is 2. The first-order chi connectivity index (χ1) is 18.8. The topological polar surface area (TPSA) is 115 Å². The van der Waals surface area contributed by atoms with Gasteiger partial charge in [-0.15, -0.1) is 0 Å². The minimum Gasteiger partial charge on any atom is -0.486 e. The van der Waals surface area contributed by atoms with Crippen LogP contribution in [0.1, 0.15) is 13.3 Å². The molecule has 3 heterocycles. The van der Waals surface area contributed by atoms with Gasteiger partial charge in [-0.2, -0.15) is 0 Å². The Labute approximate surface area is 229 Å². The number of nitrogens with zero attached hydrogens (tertiary/aromatic N) is 3. The van der Waals surface area contributed by atoms with Gasteiger partial charge in [0.1, 0.15) is 35.9 Å². The lowest BCUT2D eigenvalue weighted by molar-refractivity contribution is -0.156. The fourth-order valence-corrected chi connectivity index (χ4v) is 4.59. The molecule has 0 bridgehead atoms. The van der Waals surface area contributed by atoms with Crippen molar-refractivity contribution in [2.45, 2.75) is 25.6 Å². The van der Waals surface area contributed by atoms with Gasteiger partial charge in [-0.1, -0.05) is 17.7 Å². The molecule has 0 aliphatic carbocycles. The molecule has 1 aromatic heterocycles. The van der Waals surface area contributed by atoms with Crippen molar-refractivity contribution in [3.8, 4) is 5.75 Å². The second-order valence-electron chi connectivity index (χ2n) is 9.33. The summed E-state index contributed by atoms with van der Waals surface area (Å²) in [6.45, 7) is 4.08. The molecular formula is C27H27ClFN5O5. The van der Waals surface area contributed by atoms with Gasteiger partial charge in [-0.25, -0.2) is 14.4 Å². The zero-order valence-electron chi connectivity index (χ0n) is 21.2. The molecule has 2 aliphatic heterocycles. The highest BCUT2D eigenvalue weighted by molar-refractivity contribution is 6.31. The van der Waals surface area contributed by atoms with Crippen molar-refractivity contribution in [2.75, 3.05) is 43.5 Å². The smallest absolute Gasteiger partial charge is 0.320 e. The Kier molecular flexibility index (Phi) is 8.20. The van der Waals surface area contributed by atoms with Crippen LogP contribution in [-0.4, -0.2) is 71.8 Å². The van der Waals surface area contributed by atoms with Crippen molar-refractivity contribution < 1.29 is 28.2 Å². The standard InChI is InChI=1S/C27H27ClFN5O5/c1-16-12-34(13-26(36)38-16)7-2-3-25(35)33-23-10-19-22(11-24(23)39-18-6-8-37-14-18)30-15-31-27(19)32-17-4-5-21(29)20(28)9-17/h2-5,9-11,15-16,18H,6-8,12-14H2,1H3,(H,33,35)(H,30,31,32)/t16-,18-/m1/s1. The molecule has 10 nitrogen and oxygen atoms in total. The first-order valence-corrected chi connectivity index (χ1v) is 12.9. The minimum absolute atomic E-state index is 0.0246. The zero-order valence-corrected chi connectivity index (χ0v) is 21.9. The Morgan fingerprint density at radius 1 is 1.31 bits per heavy atom. The van der Waals surface area contributed by atoms with Gasteiger partial charge >= 0.3 is 5.97 Å². The predicted molar refractivity (Wildman–Crippen MR) is 144 cm³/mol. The van der Waals surface area contributed by atoms with Crippen LogP contribution in [0, 0.1) is 5.82 Å². The van der Waals surface area contributed by atoms with Gasteiger partial charge in [0, 0.05) is 42.7 Å². The number of morpholine rings is 1. The maximum atomic E-state index is 13.6. The van der Waals surface area contributed by atoms with Crippen LogP contribution in [0.15, 0.2) is 48.8 Å². The quantitative estimate of drug-likeness (QED) is 0.313. The van der Waals surface area contributed by atoms with Crippen LogP contribution >= 0.6 is 11.6 Å². The normalized spacial score (nSPS) is 19.8. The third-order valence-corrected chi connectivity index (χ3v) is 6.48. The monoisotopic (exact) mass is 555 g/mol. The van der Waals surface area contributed by atoms with E-state index in [0.717, 1.165) is 6.42 Å². The maximum Gasteiger partial charge on any atom is 0.320 e. The molecule has 5 rings (SSSR count). The third kappa shape index (κ3) is 6.80. The summed E-state index contributed by atoms with van der Waals surface area (Å²) < 4.78 is 30.4. The third-order valence-electron chi connectivity index (χ3n) is 6.19. The second kappa shape index (κ2) is 11.9. The molecule has 3 aromatic rings. The fourth-order valence-electron chi connectivity index (χ4n) is 4.41. The molecule has 2 saturated heterocycles. The Hall–Kier alpha value is -3.80. The summed E-state index contributed by atoms with van der Waals surface area (Å²) in [5.74, 6) is -0.293. The zero-order chi connectivity index (χ0) is 27.4. The van der Waals surface area contributed by atoms with Gasteiger partial charge < -0.3 is 24.8 Å². The number of aromatic nitrogens is 2. The Bertz CT molecular complexity index is 1410. The number of halogens is 2. The van der Waals surface area contributed by atoms with Crippen LogP contribution in [0.3, 0.4) is 0 Å². The number of benzene rings is 2. The molecule has 0 saturated carbocycles. The van der Waals surface area contributed by atoms with E-state index in [1.165, 1.54) is 24.5 Å². The molecule has 39 heavy (non-hydrogen) atoms. The van der Waals surface area contributed by atoms with Crippen LogP contribution in [0.4, 0.5) is 21.6 Å². The van der Waals surface area contributed by atoms with Gasteiger partial charge in [0.05, 0.1) is 36.0 Å². The van der Waals surface area contributed by atoms with Crippen molar-refractivity contribution in [3.63, 3.8) is 0 Å². The largest absolute Gasteiger partial charge is 0.486 e. The lowest BCUT2D eigenvalue weighted by atomic mass is 10.1. The summed E-state index contributed by atoms with van der Waals surface area (Å²) in [7, 11) is 0. The van der Waals surface area contributed by atoms with Gasteiger partial charge in [-0.05, 0) is 31.2 Å². The second-order valence-corrected chi connectivity index (χ2v) is 9.74. The number of ether oxygens (including phenoxy) is 3. The van der Waals surface area contributed by atoms with E-state index < -0.39 is 5.82 Å². The van der Waals surface area contributed by atoms with Crippen LogP contribution in [-0.2, 0) is 19.1 Å². The summed E-state index contributed by atoms with van der Waals surface area (Å²) in [6, 6.07) is 7.72. The average Bonchev–Trinajstić information content (AvgIpc) is 3.40. The fraction of sp³-hybridized carbons (Fsp3) is 0.333. The first-order valence-electron chi connectivity index (χ1n) is 12.5. The minimum atomic E-state index is -0.528. The van der Waals surface area contributed by atoms with Gasteiger partial charge in [0.25, 0.3) is 0 Å². The summed E-state index contributed by atoms with van der Waals surface area (Å²) >= 11 is 5.93. The number of rotatable bonds is 8. The molecule has 2 aromatic carbocycles. The van der Waals surface area contributed by atoms with E-state index in [-0.39, 0.29) is 35.7 Å². The molecule has 2 atom stereocenters. The average molecular weight is 556 g/mol. The van der Waals surface area contributed by atoms with Crippen LogP contribution < -0.4 is 15.4 Å². The first kappa shape index (κ1) is 26.8. The predicted octanol–water partition coefficient (Wildman–Crippen LogP) is 4.08. The van der Waals surface area contributed by atoms with Crippen LogP contribution in [0.2, 0.25) is 5.02 Å². The summed E-state index contributed by atoms with van der Waals surface area (Å²) in [5.41, 5.74) is 1.54. The molecule has 204 valence electrons. The van der Waals surface area contributed by atoms with E-state index in [1.807, 2.05) is 11.8 Å². The van der Waals surface area contributed by atoms with E-state index in [0.29, 0.717) is 60.1 Å². The number of hydrogen-bond acceptors (Lipinski definition) is 9. The van der Waals surface area contributed by atoms with E-state index in [4.69, 9.17) is 25.8 Å². The van der Waals surface area contributed by atoms with E-state index in [1.54, 1.807) is 24.3 Å².